The van der Waals surface area contributed by atoms with E-state index in [1.807, 2.05) is 6.26 Å². The van der Waals surface area contributed by atoms with Gasteiger partial charge in [-0.15, -0.1) is 0 Å². The van der Waals surface area contributed by atoms with Crippen LogP contribution in [0.1, 0.15) is 36.7 Å². The highest BCUT2D eigenvalue weighted by Gasteiger charge is 2.28. The van der Waals surface area contributed by atoms with Crippen molar-refractivity contribution in [2.75, 3.05) is 25.9 Å². The molecule has 1 aromatic heterocycles. The van der Waals surface area contributed by atoms with E-state index in [0.29, 0.717) is 36.8 Å². The second-order valence-corrected chi connectivity index (χ2v) is 6.55. The molecule has 1 aromatic rings. The third-order valence-electron chi connectivity index (χ3n) is 4.13. The van der Waals surface area contributed by atoms with Crippen LogP contribution in [-0.2, 0) is 9.59 Å². The molecule has 132 valence electrons. The predicted molar refractivity (Wildman–Crippen MR) is 89.1 cm³/mol. The molecule has 7 nitrogen and oxygen atoms in total. The fourth-order valence-electron chi connectivity index (χ4n) is 2.94. The highest BCUT2D eigenvalue weighted by atomic mass is 32.2. The van der Waals surface area contributed by atoms with Gasteiger partial charge in [0, 0.05) is 26.1 Å². The monoisotopic (exact) mass is 354 g/mol. The molecule has 2 heterocycles. The van der Waals surface area contributed by atoms with Crippen molar-refractivity contribution in [2.45, 2.75) is 37.3 Å². The number of aliphatic carboxylic acids is 1. The summed E-state index contributed by atoms with van der Waals surface area (Å²) >= 11 is 1.43. The van der Waals surface area contributed by atoms with Crippen LogP contribution < -0.4 is 0 Å². The zero-order valence-corrected chi connectivity index (χ0v) is 14.7. The first-order valence-electron chi connectivity index (χ1n) is 7.84. The quantitative estimate of drug-likeness (QED) is 0.813. The van der Waals surface area contributed by atoms with Crippen LogP contribution in [0.2, 0.25) is 0 Å². The van der Waals surface area contributed by atoms with Gasteiger partial charge in [0.2, 0.25) is 5.91 Å². The number of carbonyl (C=O) groups is 3. The van der Waals surface area contributed by atoms with Crippen LogP contribution in [-0.4, -0.2) is 64.6 Å². The van der Waals surface area contributed by atoms with Crippen molar-refractivity contribution >= 4 is 29.5 Å². The molecular formula is C16H22N2O5S. The van der Waals surface area contributed by atoms with E-state index in [2.05, 4.69) is 0 Å². The molecule has 1 fully saturated rings. The first-order chi connectivity index (χ1) is 11.4. The van der Waals surface area contributed by atoms with Crippen molar-refractivity contribution in [1.29, 1.82) is 0 Å². The van der Waals surface area contributed by atoms with E-state index in [0.717, 1.165) is 6.42 Å². The fraction of sp³-hybridized carbons (Fsp3) is 0.562. The molecule has 0 bridgehead atoms. The third-order valence-corrected chi connectivity index (χ3v) is 4.75. The zero-order chi connectivity index (χ0) is 17.7. The molecule has 1 unspecified atom stereocenters. The number of hydrogen-bond donors (Lipinski definition) is 1. The Morgan fingerprint density at radius 1 is 1.33 bits per heavy atom. The number of nitrogens with zero attached hydrogens (tertiary/aromatic N) is 2. The summed E-state index contributed by atoms with van der Waals surface area (Å²) in [5.41, 5.74) is 0. The van der Waals surface area contributed by atoms with Gasteiger partial charge in [0.15, 0.2) is 10.9 Å². The predicted octanol–water partition coefficient (Wildman–Crippen LogP) is 1.93. The van der Waals surface area contributed by atoms with Crippen LogP contribution in [0.25, 0.3) is 0 Å². The molecule has 0 aromatic carbocycles. The minimum absolute atomic E-state index is 0.158. The molecule has 0 saturated carbocycles. The summed E-state index contributed by atoms with van der Waals surface area (Å²) < 4.78 is 5.48. The highest BCUT2D eigenvalue weighted by molar-refractivity contribution is 7.98. The van der Waals surface area contributed by atoms with Crippen molar-refractivity contribution < 1.29 is 23.9 Å². The number of carboxylic acids is 1. The molecule has 2 rings (SSSR count). The molecule has 24 heavy (non-hydrogen) atoms. The van der Waals surface area contributed by atoms with E-state index in [9.17, 15) is 14.4 Å². The topological polar surface area (TPSA) is 91.1 Å². The van der Waals surface area contributed by atoms with Crippen molar-refractivity contribution in [3.8, 4) is 0 Å². The number of hydrogen-bond acceptors (Lipinski definition) is 5. The van der Waals surface area contributed by atoms with Gasteiger partial charge in [-0.25, -0.2) is 0 Å². The summed E-state index contributed by atoms with van der Waals surface area (Å²) in [6, 6.07) is 3.28. The van der Waals surface area contributed by atoms with Gasteiger partial charge < -0.3 is 19.3 Å². The smallest absolute Gasteiger partial charge is 0.323 e. The van der Waals surface area contributed by atoms with Gasteiger partial charge in [-0.3, -0.25) is 14.4 Å². The normalized spacial score (nSPS) is 18.1. The van der Waals surface area contributed by atoms with Crippen LogP contribution in [0, 0.1) is 0 Å². The first-order valence-corrected chi connectivity index (χ1v) is 9.07. The molecule has 1 saturated heterocycles. The number of amides is 2. The molecule has 2 amide bonds. The maximum Gasteiger partial charge on any atom is 0.323 e. The van der Waals surface area contributed by atoms with Gasteiger partial charge >= 0.3 is 5.97 Å². The lowest BCUT2D eigenvalue weighted by atomic mass is 10.1. The molecule has 0 radical (unpaired) electrons. The molecule has 0 spiro atoms. The Balaban J connectivity index is 2.02. The maximum absolute atomic E-state index is 12.5. The summed E-state index contributed by atoms with van der Waals surface area (Å²) in [6.07, 6.45) is 3.85. The Morgan fingerprint density at radius 3 is 2.67 bits per heavy atom. The lowest BCUT2D eigenvalue weighted by Crippen LogP contribution is -2.43. The van der Waals surface area contributed by atoms with Crippen molar-refractivity contribution in [3.63, 3.8) is 0 Å². The van der Waals surface area contributed by atoms with Gasteiger partial charge in [0.25, 0.3) is 5.91 Å². The standard InChI is InChI=1S/C16H22N2O5S/c1-11(19)18(10-14(20)21)12-4-3-8-17(9-7-12)16(22)13-5-6-15(23-13)24-2/h5-6,12H,3-4,7-10H2,1-2H3,(H,20,21). The fourth-order valence-corrected chi connectivity index (χ4v) is 3.31. The van der Waals surface area contributed by atoms with E-state index < -0.39 is 5.97 Å². The minimum Gasteiger partial charge on any atom is -0.480 e. The minimum atomic E-state index is -1.03. The Bertz CT molecular complexity index is 615. The third kappa shape index (κ3) is 4.53. The second kappa shape index (κ2) is 8.23. The van der Waals surface area contributed by atoms with E-state index >= 15 is 0 Å². The van der Waals surface area contributed by atoms with Gasteiger partial charge in [-0.05, 0) is 37.7 Å². The lowest BCUT2D eigenvalue weighted by molar-refractivity contribution is -0.145. The van der Waals surface area contributed by atoms with E-state index in [4.69, 9.17) is 9.52 Å². The van der Waals surface area contributed by atoms with Crippen molar-refractivity contribution in [3.05, 3.63) is 17.9 Å². The Labute approximate surface area is 145 Å². The van der Waals surface area contributed by atoms with Gasteiger partial charge in [-0.1, -0.05) is 11.8 Å². The van der Waals surface area contributed by atoms with Crippen LogP contribution in [0.5, 0.6) is 0 Å². The van der Waals surface area contributed by atoms with E-state index in [1.165, 1.54) is 23.6 Å². The number of likely N-dealkylation sites (tertiary alicyclic amines) is 1. The molecular weight excluding hydrogens is 332 g/mol. The molecule has 1 N–H and O–H groups in total. The lowest BCUT2D eigenvalue weighted by Gasteiger charge is -2.28. The van der Waals surface area contributed by atoms with Gasteiger partial charge in [-0.2, -0.15) is 0 Å². The van der Waals surface area contributed by atoms with Crippen LogP contribution in [0.3, 0.4) is 0 Å². The van der Waals surface area contributed by atoms with Crippen LogP contribution >= 0.6 is 11.8 Å². The summed E-state index contributed by atoms with van der Waals surface area (Å²) in [5.74, 6) is -1.13. The molecule has 1 aliphatic heterocycles. The second-order valence-electron chi connectivity index (χ2n) is 5.74. The average molecular weight is 354 g/mol. The highest BCUT2D eigenvalue weighted by Crippen LogP contribution is 2.22. The summed E-state index contributed by atoms with van der Waals surface area (Å²) in [4.78, 5) is 38.3. The summed E-state index contributed by atoms with van der Waals surface area (Å²) in [7, 11) is 0. The van der Waals surface area contributed by atoms with Gasteiger partial charge in [0.05, 0.1) is 0 Å². The zero-order valence-electron chi connectivity index (χ0n) is 13.9. The van der Waals surface area contributed by atoms with Crippen molar-refractivity contribution in [1.82, 2.24) is 9.80 Å². The van der Waals surface area contributed by atoms with Crippen LogP contribution in [0.4, 0.5) is 0 Å². The Hall–Kier alpha value is -1.96. The van der Waals surface area contributed by atoms with Crippen LogP contribution in [0.15, 0.2) is 21.6 Å². The number of rotatable bonds is 5. The average Bonchev–Trinajstić information content (AvgIpc) is 2.89. The van der Waals surface area contributed by atoms with E-state index in [1.54, 1.807) is 17.0 Å². The summed E-state index contributed by atoms with van der Waals surface area (Å²) in [6.45, 7) is 2.12. The first kappa shape index (κ1) is 18.4. The summed E-state index contributed by atoms with van der Waals surface area (Å²) in [5, 5.41) is 9.67. The Morgan fingerprint density at radius 2 is 2.08 bits per heavy atom. The SMILES string of the molecule is CSc1ccc(C(=O)N2CCCC(N(CC(=O)O)C(C)=O)CC2)o1. The van der Waals surface area contributed by atoms with Crippen molar-refractivity contribution in [2.24, 2.45) is 0 Å². The van der Waals surface area contributed by atoms with Gasteiger partial charge in [0.1, 0.15) is 6.54 Å². The number of furan rings is 1. The number of thioether (sulfide) groups is 1. The molecule has 1 atom stereocenters. The molecule has 0 aliphatic carbocycles. The maximum atomic E-state index is 12.5. The largest absolute Gasteiger partial charge is 0.480 e. The number of carboxylic acid groups (broad SMARTS) is 1. The van der Waals surface area contributed by atoms with E-state index in [-0.39, 0.29) is 24.4 Å². The number of carbonyl (C=O) groups excluding carboxylic acids is 2. The Kier molecular flexibility index (Phi) is 6.30. The molecule has 8 heteroatoms. The molecule has 1 aliphatic rings.